The van der Waals surface area contributed by atoms with Gasteiger partial charge in [-0.15, -0.1) is 0 Å². The van der Waals surface area contributed by atoms with Crippen LogP contribution in [0.3, 0.4) is 0 Å². The van der Waals surface area contributed by atoms with E-state index in [1.807, 2.05) is 37.3 Å². The molecule has 0 saturated carbocycles. The number of hydrogen-bond acceptors (Lipinski definition) is 6. The van der Waals surface area contributed by atoms with Crippen molar-refractivity contribution in [3.05, 3.63) is 64.2 Å². The van der Waals surface area contributed by atoms with Gasteiger partial charge >= 0.3 is 0 Å². The molecule has 1 fully saturated rings. The number of aliphatic hydroxyl groups excluding tert-OH is 4. The van der Waals surface area contributed by atoms with Gasteiger partial charge in [0.25, 0.3) is 0 Å². The van der Waals surface area contributed by atoms with Crippen LogP contribution in [0.5, 0.6) is 5.75 Å². The molecule has 0 aliphatic carbocycles. The predicted molar refractivity (Wildman–Crippen MR) is 105 cm³/mol. The third-order valence-corrected chi connectivity index (χ3v) is 5.29. The van der Waals surface area contributed by atoms with E-state index in [4.69, 9.17) is 21.1 Å². The molecular weight excluding hydrogens is 384 g/mol. The minimum atomic E-state index is -1.42. The maximum Gasteiger partial charge on any atom is 0.119 e. The van der Waals surface area contributed by atoms with Crippen LogP contribution >= 0.6 is 11.6 Å². The van der Waals surface area contributed by atoms with Crippen molar-refractivity contribution in [3.8, 4) is 5.75 Å². The van der Waals surface area contributed by atoms with Crippen molar-refractivity contribution < 1.29 is 29.9 Å². The van der Waals surface area contributed by atoms with Gasteiger partial charge in [-0.25, -0.2) is 0 Å². The Kier molecular flexibility index (Phi) is 6.93. The standard InChI is InChI=1S/C21H25ClO6/c1-2-27-15-6-3-12(4-7-15)9-14-10-13(5-8-16(14)22)21-20(26)19(25)18(24)17(11-23)28-21/h3-8,10,17-21,23-26H,2,9,11H2,1H3/t17?,18?,19?,20?,21-/m0/s1. The van der Waals surface area contributed by atoms with Gasteiger partial charge in [-0.1, -0.05) is 35.9 Å². The molecule has 0 spiro atoms. The number of aliphatic hydroxyl groups is 4. The zero-order valence-corrected chi connectivity index (χ0v) is 16.3. The van der Waals surface area contributed by atoms with Crippen molar-refractivity contribution in [2.24, 2.45) is 0 Å². The number of benzene rings is 2. The molecule has 6 nitrogen and oxygen atoms in total. The molecule has 3 rings (SSSR count). The molecule has 1 aliphatic heterocycles. The first kappa shape index (κ1) is 21.0. The molecule has 5 atom stereocenters. The van der Waals surface area contributed by atoms with Crippen LogP contribution in [0, 0.1) is 0 Å². The fraction of sp³-hybridized carbons (Fsp3) is 0.429. The molecule has 1 saturated heterocycles. The van der Waals surface area contributed by atoms with E-state index >= 15 is 0 Å². The van der Waals surface area contributed by atoms with Gasteiger partial charge in [0.05, 0.1) is 13.2 Å². The summed E-state index contributed by atoms with van der Waals surface area (Å²) in [5.74, 6) is 0.799. The molecule has 28 heavy (non-hydrogen) atoms. The van der Waals surface area contributed by atoms with Crippen molar-refractivity contribution in [1.82, 2.24) is 0 Å². The minimum absolute atomic E-state index is 0.464. The summed E-state index contributed by atoms with van der Waals surface area (Å²) in [6, 6.07) is 12.9. The van der Waals surface area contributed by atoms with Gasteiger partial charge in [0.2, 0.25) is 0 Å². The van der Waals surface area contributed by atoms with Crippen LogP contribution in [0.4, 0.5) is 0 Å². The Morgan fingerprint density at radius 2 is 1.71 bits per heavy atom. The molecule has 2 aromatic carbocycles. The van der Waals surface area contributed by atoms with Crippen LogP contribution in [0.25, 0.3) is 0 Å². The first-order valence-corrected chi connectivity index (χ1v) is 9.63. The van der Waals surface area contributed by atoms with Crippen molar-refractivity contribution in [2.45, 2.75) is 43.9 Å². The summed E-state index contributed by atoms with van der Waals surface area (Å²) < 4.78 is 11.1. The van der Waals surface area contributed by atoms with E-state index < -0.39 is 37.1 Å². The van der Waals surface area contributed by atoms with Gasteiger partial charge in [0.1, 0.15) is 36.3 Å². The van der Waals surface area contributed by atoms with Gasteiger partial charge in [0.15, 0.2) is 0 Å². The Bertz CT molecular complexity index is 779. The van der Waals surface area contributed by atoms with E-state index in [2.05, 4.69) is 0 Å². The Hall–Kier alpha value is -1.67. The van der Waals surface area contributed by atoms with E-state index in [-0.39, 0.29) is 0 Å². The fourth-order valence-electron chi connectivity index (χ4n) is 3.37. The highest BCUT2D eigenvalue weighted by molar-refractivity contribution is 6.31. The number of hydrogen-bond donors (Lipinski definition) is 4. The van der Waals surface area contributed by atoms with Gasteiger partial charge in [-0.3, -0.25) is 0 Å². The summed E-state index contributed by atoms with van der Waals surface area (Å²) >= 11 is 6.35. The Morgan fingerprint density at radius 1 is 1.00 bits per heavy atom. The first-order chi connectivity index (χ1) is 13.4. The predicted octanol–water partition coefficient (Wildman–Crippen LogP) is 1.84. The molecule has 0 bridgehead atoms. The maximum absolute atomic E-state index is 10.3. The van der Waals surface area contributed by atoms with Crippen LogP contribution in [0.2, 0.25) is 5.02 Å². The fourth-order valence-corrected chi connectivity index (χ4v) is 3.56. The van der Waals surface area contributed by atoms with Crippen LogP contribution < -0.4 is 4.74 Å². The van der Waals surface area contributed by atoms with Crippen LogP contribution in [-0.2, 0) is 11.2 Å². The van der Waals surface area contributed by atoms with E-state index in [0.717, 1.165) is 16.9 Å². The molecule has 152 valence electrons. The Balaban J connectivity index is 1.82. The number of rotatable bonds is 6. The molecule has 7 heteroatoms. The lowest BCUT2D eigenvalue weighted by Gasteiger charge is -2.40. The van der Waals surface area contributed by atoms with Crippen molar-refractivity contribution in [2.75, 3.05) is 13.2 Å². The van der Waals surface area contributed by atoms with Gasteiger partial charge in [-0.2, -0.15) is 0 Å². The van der Waals surface area contributed by atoms with Crippen molar-refractivity contribution in [3.63, 3.8) is 0 Å². The van der Waals surface area contributed by atoms with Gasteiger partial charge < -0.3 is 29.9 Å². The quantitative estimate of drug-likeness (QED) is 0.582. The SMILES string of the molecule is CCOc1ccc(Cc2cc([C@@H]3OC(CO)C(O)C(O)C3O)ccc2Cl)cc1. The van der Waals surface area contributed by atoms with Crippen LogP contribution in [-0.4, -0.2) is 58.1 Å². The topological polar surface area (TPSA) is 99.4 Å². The number of ether oxygens (including phenoxy) is 2. The molecule has 0 aromatic heterocycles. The molecular formula is C21H25ClO6. The van der Waals surface area contributed by atoms with Crippen LogP contribution in [0.15, 0.2) is 42.5 Å². The summed E-state index contributed by atoms with van der Waals surface area (Å²) in [6.07, 6.45) is -5.39. The minimum Gasteiger partial charge on any atom is -0.494 e. The maximum atomic E-state index is 10.3. The zero-order valence-electron chi connectivity index (χ0n) is 15.5. The van der Waals surface area contributed by atoms with E-state index in [0.29, 0.717) is 23.6 Å². The number of halogens is 1. The highest BCUT2D eigenvalue weighted by Gasteiger charge is 2.43. The lowest BCUT2D eigenvalue weighted by molar-refractivity contribution is -0.231. The zero-order chi connectivity index (χ0) is 20.3. The smallest absolute Gasteiger partial charge is 0.119 e. The summed E-state index contributed by atoms with van der Waals surface area (Å²) in [7, 11) is 0. The van der Waals surface area contributed by atoms with E-state index in [1.54, 1.807) is 12.1 Å². The molecule has 1 aliphatic rings. The second-order valence-electron chi connectivity index (χ2n) is 6.85. The van der Waals surface area contributed by atoms with Gasteiger partial charge in [0, 0.05) is 5.02 Å². The normalized spacial score (nSPS) is 27.6. The molecule has 1 heterocycles. The highest BCUT2D eigenvalue weighted by atomic mass is 35.5. The summed E-state index contributed by atoms with van der Waals surface area (Å²) in [5, 5.41) is 40.3. The Labute approximate surface area is 168 Å². The lowest BCUT2D eigenvalue weighted by Crippen LogP contribution is -2.55. The van der Waals surface area contributed by atoms with Crippen molar-refractivity contribution in [1.29, 1.82) is 0 Å². The second kappa shape index (κ2) is 9.22. The van der Waals surface area contributed by atoms with E-state index in [9.17, 15) is 20.4 Å². The summed E-state index contributed by atoms with van der Waals surface area (Å²) in [6.45, 7) is 2.07. The molecule has 0 amide bonds. The molecule has 0 radical (unpaired) electrons. The Morgan fingerprint density at radius 3 is 2.36 bits per heavy atom. The molecule has 4 unspecified atom stereocenters. The molecule has 4 N–H and O–H groups in total. The van der Waals surface area contributed by atoms with Crippen LogP contribution in [0.1, 0.15) is 29.7 Å². The molecule has 2 aromatic rings. The third kappa shape index (κ3) is 4.49. The average molecular weight is 409 g/mol. The second-order valence-corrected chi connectivity index (χ2v) is 7.26. The summed E-state index contributed by atoms with van der Waals surface area (Å²) in [5.41, 5.74) is 2.49. The lowest BCUT2D eigenvalue weighted by atomic mass is 9.90. The third-order valence-electron chi connectivity index (χ3n) is 4.92. The summed E-state index contributed by atoms with van der Waals surface area (Å²) in [4.78, 5) is 0. The van der Waals surface area contributed by atoms with E-state index in [1.165, 1.54) is 0 Å². The first-order valence-electron chi connectivity index (χ1n) is 9.25. The van der Waals surface area contributed by atoms with Crippen molar-refractivity contribution >= 4 is 11.6 Å². The monoisotopic (exact) mass is 408 g/mol. The van der Waals surface area contributed by atoms with Gasteiger partial charge in [-0.05, 0) is 48.2 Å². The average Bonchev–Trinajstić information content (AvgIpc) is 2.70. The highest BCUT2D eigenvalue weighted by Crippen LogP contribution is 2.34. The largest absolute Gasteiger partial charge is 0.494 e.